The molecule has 3 nitrogen and oxygen atoms in total. The van der Waals surface area contributed by atoms with Gasteiger partial charge in [-0.05, 0) is 30.2 Å². The maximum Gasteiger partial charge on any atom is 0.128 e. The number of anilines is 1. The number of nitrogens with zero attached hydrogens (tertiary/aromatic N) is 1. The van der Waals surface area contributed by atoms with E-state index < -0.39 is 0 Å². The van der Waals surface area contributed by atoms with Gasteiger partial charge >= 0.3 is 0 Å². The number of nitrogen functional groups attached to an aromatic ring is 1. The molecule has 0 spiro atoms. The van der Waals surface area contributed by atoms with Crippen LogP contribution in [0, 0.1) is 11.3 Å². The van der Waals surface area contributed by atoms with E-state index in [0.29, 0.717) is 10.6 Å². The van der Waals surface area contributed by atoms with Crippen molar-refractivity contribution >= 4 is 33.0 Å². The minimum atomic E-state index is 0.577. The highest BCUT2D eigenvalue weighted by molar-refractivity contribution is 9.10. The summed E-state index contributed by atoms with van der Waals surface area (Å²) in [5.41, 5.74) is 8.74. The maximum atomic E-state index is 9.18. The van der Waals surface area contributed by atoms with Gasteiger partial charge in [0.05, 0.1) is 12.8 Å². The molecule has 1 aromatic carbocycles. The first kappa shape index (κ1) is 14.9. The second-order valence-corrected chi connectivity index (χ2v) is 6.30. The van der Waals surface area contributed by atoms with Gasteiger partial charge in [-0.25, -0.2) is 0 Å². The number of ether oxygens (including phenoxy) is 1. The van der Waals surface area contributed by atoms with E-state index in [0.717, 1.165) is 39.1 Å². The zero-order valence-corrected chi connectivity index (χ0v) is 13.8. The molecule has 0 aliphatic heterocycles. The number of benzene rings is 1. The quantitative estimate of drug-likeness (QED) is 0.876. The van der Waals surface area contributed by atoms with E-state index >= 15 is 0 Å². The van der Waals surface area contributed by atoms with E-state index in [1.54, 1.807) is 7.11 Å². The predicted octanol–water partition coefficient (Wildman–Crippen LogP) is 4.59. The van der Waals surface area contributed by atoms with Gasteiger partial charge in [0, 0.05) is 14.9 Å². The van der Waals surface area contributed by atoms with Crippen LogP contribution in [0.25, 0.3) is 10.4 Å². The number of thiophene rings is 1. The Labute approximate surface area is 131 Å². The van der Waals surface area contributed by atoms with Crippen LogP contribution < -0.4 is 10.5 Å². The number of hydrogen-bond donors (Lipinski definition) is 1. The smallest absolute Gasteiger partial charge is 0.128 e. The normalized spacial score (nSPS) is 10.3. The molecule has 5 heteroatoms. The number of methoxy groups -OCH3 is 1. The zero-order valence-electron chi connectivity index (χ0n) is 11.4. The highest BCUT2D eigenvalue weighted by Gasteiger charge is 2.19. The van der Waals surface area contributed by atoms with E-state index in [9.17, 15) is 5.26 Å². The Bertz CT molecular complexity index is 673. The van der Waals surface area contributed by atoms with Crippen molar-refractivity contribution in [1.29, 1.82) is 5.26 Å². The highest BCUT2D eigenvalue weighted by atomic mass is 79.9. The van der Waals surface area contributed by atoms with Gasteiger partial charge in [0.15, 0.2) is 0 Å². The molecule has 1 aromatic heterocycles. The second kappa shape index (κ2) is 6.29. The Morgan fingerprint density at radius 2 is 2.20 bits per heavy atom. The third kappa shape index (κ3) is 2.67. The Kier molecular flexibility index (Phi) is 4.69. The van der Waals surface area contributed by atoms with E-state index in [1.165, 1.54) is 11.3 Å². The molecule has 0 fully saturated rings. The number of nitriles is 1. The topological polar surface area (TPSA) is 59.0 Å². The third-order valence-electron chi connectivity index (χ3n) is 3.06. The Hall–Kier alpha value is -1.51. The van der Waals surface area contributed by atoms with Crippen molar-refractivity contribution in [2.24, 2.45) is 0 Å². The molecule has 0 unspecified atom stereocenters. The molecule has 0 amide bonds. The number of hydrogen-bond acceptors (Lipinski definition) is 4. The fourth-order valence-electron chi connectivity index (χ4n) is 2.13. The second-order valence-electron chi connectivity index (χ2n) is 4.36. The first-order chi connectivity index (χ1) is 9.62. The zero-order chi connectivity index (χ0) is 14.7. The molecule has 0 aliphatic carbocycles. The van der Waals surface area contributed by atoms with Crippen LogP contribution in [0.1, 0.15) is 23.8 Å². The fourth-order valence-corrected chi connectivity index (χ4v) is 3.57. The van der Waals surface area contributed by atoms with Crippen molar-refractivity contribution in [2.75, 3.05) is 12.8 Å². The van der Waals surface area contributed by atoms with Crippen LogP contribution in [0.5, 0.6) is 5.75 Å². The summed E-state index contributed by atoms with van der Waals surface area (Å²) in [6, 6.07) is 8.06. The van der Waals surface area contributed by atoms with Crippen molar-refractivity contribution in [1.82, 2.24) is 0 Å². The lowest BCUT2D eigenvalue weighted by Gasteiger charge is -2.10. The van der Waals surface area contributed by atoms with Gasteiger partial charge in [0.2, 0.25) is 0 Å². The summed E-state index contributed by atoms with van der Waals surface area (Å²) >= 11 is 4.87. The van der Waals surface area contributed by atoms with Gasteiger partial charge in [0.1, 0.15) is 16.7 Å². The molecule has 2 rings (SSSR count). The van der Waals surface area contributed by atoms with Crippen LogP contribution in [0.15, 0.2) is 22.7 Å². The first-order valence-electron chi connectivity index (χ1n) is 6.27. The highest BCUT2D eigenvalue weighted by Crippen LogP contribution is 2.43. The molecule has 2 N–H and O–H groups in total. The lowest BCUT2D eigenvalue weighted by atomic mass is 10.0. The summed E-state index contributed by atoms with van der Waals surface area (Å²) in [6.45, 7) is 2.10. The minimum Gasteiger partial charge on any atom is -0.496 e. The summed E-state index contributed by atoms with van der Waals surface area (Å²) < 4.78 is 6.41. The molecule has 0 saturated heterocycles. The van der Waals surface area contributed by atoms with Crippen molar-refractivity contribution in [3.8, 4) is 22.3 Å². The van der Waals surface area contributed by atoms with E-state index in [4.69, 9.17) is 10.5 Å². The van der Waals surface area contributed by atoms with Gasteiger partial charge in [-0.15, -0.1) is 11.3 Å². The molecular formula is C15H15BrN2OS. The molecule has 2 aromatic rings. The SMILES string of the molecule is CCCc1c(-c2ccc(Br)cc2OC)sc(C#N)c1N. The van der Waals surface area contributed by atoms with Crippen LogP contribution in [0.2, 0.25) is 0 Å². The Morgan fingerprint density at radius 3 is 2.80 bits per heavy atom. The lowest BCUT2D eigenvalue weighted by molar-refractivity contribution is 0.416. The molecule has 0 aliphatic rings. The average Bonchev–Trinajstić information content (AvgIpc) is 2.76. The van der Waals surface area contributed by atoms with Gasteiger partial charge < -0.3 is 10.5 Å². The first-order valence-corrected chi connectivity index (χ1v) is 7.88. The molecule has 0 radical (unpaired) electrons. The molecule has 0 saturated carbocycles. The summed E-state index contributed by atoms with van der Waals surface area (Å²) in [4.78, 5) is 1.61. The predicted molar refractivity (Wildman–Crippen MR) is 87.1 cm³/mol. The molecule has 0 bridgehead atoms. The lowest BCUT2D eigenvalue weighted by Crippen LogP contribution is -1.94. The maximum absolute atomic E-state index is 9.18. The molecule has 1 heterocycles. The van der Waals surface area contributed by atoms with Crippen LogP contribution in [-0.4, -0.2) is 7.11 Å². The molecular weight excluding hydrogens is 336 g/mol. The third-order valence-corrected chi connectivity index (χ3v) is 4.74. The van der Waals surface area contributed by atoms with Crippen molar-refractivity contribution in [3.63, 3.8) is 0 Å². The van der Waals surface area contributed by atoms with Crippen LogP contribution in [0.4, 0.5) is 5.69 Å². The minimum absolute atomic E-state index is 0.577. The largest absolute Gasteiger partial charge is 0.496 e. The molecule has 104 valence electrons. The van der Waals surface area contributed by atoms with E-state index in [2.05, 4.69) is 28.9 Å². The van der Waals surface area contributed by atoms with Crippen molar-refractivity contribution in [2.45, 2.75) is 19.8 Å². The number of halogens is 1. The average molecular weight is 351 g/mol. The monoisotopic (exact) mass is 350 g/mol. The number of rotatable bonds is 4. The summed E-state index contributed by atoms with van der Waals surface area (Å²) in [5, 5.41) is 9.18. The number of nitrogens with two attached hydrogens (primary N) is 1. The summed E-state index contributed by atoms with van der Waals surface area (Å²) in [7, 11) is 1.65. The summed E-state index contributed by atoms with van der Waals surface area (Å²) in [6.07, 6.45) is 1.84. The van der Waals surface area contributed by atoms with Gasteiger partial charge in [-0.2, -0.15) is 5.26 Å². The van der Waals surface area contributed by atoms with Crippen LogP contribution in [-0.2, 0) is 6.42 Å². The van der Waals surface area contributed by atoms with Crippen LogP contribution in [0.3, 0.4) is 0 Å². The fraction of sp³-hybridized carbons (Fsp3) is 0.267. The Balaban J connectivity index is 2.66. The van der Waals surface area contributed by atoms with Gasteiger partial charge in [-0.1, -0.05) is 29.3 Å². The molecule has 0 atom stereocenters. The van der Waals surface area contributed by atoms with E-state index in [-0.39, 0.29) is 0 Å². The van der Waals surface area contributed by atoms with E-state index in [1.807, 2.05) is 18.2 Å². The van der Waals surface area contributed by atoms with Crippen LogP contribution >= 0.6 is 27.3 Å². The van der Waals surface area contributed by atoms with Gasteiger partial charge in [0.25, 0.3) is 0 Å². The Morgan fingerprint density at radius 1 is 1.45 bits per heavy atom. The van der Waals surface area contributed by atoms with Crippen molar-refractivity contribution < 1.29 is 4.74 Å². The molecule has 20 heavy (non-hydrogen) atoms. The summed E-state index contributed by atoms with van der Waals surface area (Å²) in [5.74, 6) is 0.780. The standard InChI is InChI=1S/C15H15BrN2OS/c1-3-4-11-14(18)13(8-17)20-15(11)10-6-5-9(16)7-12(10)19-2/h5-7H,3-4,18H2,1-2H3. The van der Waals surface area contributed by atoms with Crippen molar-refractivity contribution in [3.05, 3.63) is 33.1 Å². The van der Waals surface area contributed by atoms with Gasteiger partial charge in [-0.3, -0.25) is 0 Å².